The Morgan fingerprint density at radius 3 is 2.71 bits per heavy atom. The van der Waals surface area contributed by atoms with Gasteiger partial charge in [-0.25, -0.2) is 4.68 Å². The molecule has 24 heavy (non-hydrogen) atoms. The number of benzene rings is 1. The third-order valence-corrected chi connectivity index (χ3v) is 3.44. The summed E-state index contributed by atoms with van der Waals surface area (Å²) >= 11 is 0. The van der Waals surface area contributed by atoms with Crippen molar-refractivity contribution in [2.24, 2.45) is 0 Å². The minimum absolute atomic E-state index is 0.0223. The molecule has 2 aromatic rings. The van der Waals surface area contributed by atoms with E-state index in [0.29, 0.717) is 18.7 Å². The first-order chi connectivity index (χ1) is 11.7. The molecule has 132 valence electrons. The summed E-state index contributed by atoms with van der Waals surface area (Å²) in [6.45, 7) is 9.54. The van der Waals surface area contributed by atoms with Crippen molar-refractivity contribution in [2.45, 2.75) is 59.9 Å². The monoisotopic (exact) mass is 330 g/mol. The molecule has 5 heteroatoms. The van der Waals surface area contributed by atoms with Gasteiger partial charge in [-0.2, -0.15) is 0 Å². The molecule has 0 spiro atoms. The second-order valence-electron chi connectivity index (χ2n) is 5.47. The van der Waals surface area contributed by atoms with Gasteiger partial charge in [0.05, 0.1) is 12.2 Å². The summed E-state index contributed by atoms with van der Waals surface area (Å²) in [5, 5.41) is 11.2. The van der Waals surface area contributed by atoms with Crippen LogP contribution in [0.5, 0.6) is 0 Å². The molecular formula is C19H30N4O. The molecule has 1 N–H and O–H groups in total. The van der Waals surface area contributed by atoms with Gasteiger partial charge in [-0.15, -0.1) is 5.10 Å². The smallest absolute Gasteiger partial charge is 0.251 e. The highest BCUT2D eigenvalue weighted by Gasteiger charge is 2.06. The highest BCUT2D eigenvalue weighted by Crippen LogP contribution is 2.08. The van der Waals surface area contributed by atoms with Gasteiger partial charge in [0, 0.05) is 18.3 Å². The maximum atomic E-state index is 12.0. The molecule has 0 saturated heterocycles. The van der Waals surface area contributed by atoms with Crippen molar-refractivity contribution >= 4 is 5.91 Å². The lowest BCUT2D eigenvalue weighted by Crippen LogP contribution is -2.24. The summed E-state index contributed by atoms with van der Waals surface area (Å²) in [6, 6.07) is 7.66. The second kappa shape index (κ2) is 11.4. The zero-order chi connectivity index (χ0) is 17.8. The predicted octanol–water partition coefficient (Wildman–Crippen LogP) is 3.84. The van der Waals surface area contributed by atoms with Crippen molar-refractivity contribution in [1.82, 2.24) is 20.3 Å². The average molecular weight is 330 g/mol. The number of rotatable bonds is 8. The topological polar surface area (TPSA) is 59.8 Å². The van der Waals surface area contributed by atoms with Gasteiger partial charge in [-0.1, -0.05) is 51.5 Å². The van der Waals surface area contributed by atoms with Crippen LogP contribution in [-0.2, 0) is 13.0 Å². The number of unbranched alkanes of at least 4 members (excludes halogenated alkanes) is 1. The van der Waals surface area contributed by atoms with Crippen LogP contribution in [0.25, 0.3) is 0 Å². The number of nitrogens with one attached hydrogen (secondary N) is 1. The van der Waals surface area contributed by atoms with Gasteiger partial charge in [0.15, 0.2) is 0 Å². The average Bonchev–Trinajstić information content (AvgIpc) is 3.07. The zero-order valence-electron chi connectivity index (χ0n) is 15.4. The van der Waals surface area contributed by atoms with E-state index in [0.717, 1.165) is 36.9 Å². The molecule has 0 radical (unpaired) electrons. The van der Waals surface area contributed by atoms with Gasteiger partial charge in [-0.05, 0) is 37.0 Å². The molecule has 0 aliphatic carbocycles. The summed E-state index contributed by atoms with van der Waals surface area (Å²) < 4.78 is 1.83. The fourth-order valence-corrected chi connectivity index (χ4v) is 2.23. The molecule has 0 aliphatic rings. The summed E-state index contributed by atoms with van der Waals surface area (Å²) in [5.74, 6) is -0.0223. The molecule has 2 rings (SSSR count). The van der Waals surface area contributed by atoms with Gasteiger partial charge in [0.25, 0.3) is 5.91 Å². The number of amides is 1. The Morgan fingerprint density at radius 1 is 1.21 bits per heavy atom. The van der Waals surface area contributed by atoms with E-state index in [-0.39, 0.29) is 5.91 Å². The fourth-order valence-electron chi connectivity index (χ4n) is 2.23. The van der Waals surface area contributed by atoms with Crippen LogP contribution in [0.15, 0.2) is 30.5 Å². The minimum Gasteiger partial charge on any atom is -0.352 e. The van der Waals surface area contributed by atoms with E-state index in [4.69, 9.17) is 0 Å². The number of hydrogen-bond acceptors (Lipinski definition) is 3. The zero-order valence-corrected chi connectivity index (χ0v) is 15.4. The molecule has 1 amide bonds. The maximum absolute atomic E-state index is 12.0. The normalized spacial score (nSPS) is 10.0. The Labute approximate surface area is 145 Å². The maximum Gasteiger partial charge on any atom is 0.251 e. The van der Waals surface area contributed by atoms with Crippen molar-refractivity contribution < 1.29 is 4.79 Å². The van der Waals surface area contributed by atoms with Crippen LogP contribution in [0.1, 0.15) is 68.6 Å². The lowest BCUT2D eigenvalue weighted by atomic mass is 10.1. The van der Waals surface area contributed by atoms with Crippen LogP contribution in [0.2, 0.25) is 0 Å². The van der Waals surface area contributed by atoms with E-state index in [1.54, 1.807) is 0 Å². The van der Waals surface area contributed by atoms with Crippen molar-refractivity contribution in [3.05, 3.63) is 47.3 Å². The number of aryl methyl sites for hydroxylation is 1. The van der Waals surface area contributed by atoms with E-state index < -0.39 is 0 Å². The van der Waals surface area contributed by atoms with Gasteiger partial charge in [0.1, 0.15) is 0 Å². The summed E-state index contributed by atoms with van der Waals surface area (Å²) in [6.07, 6.45) is 6.17. The summed E-state index contributed by atoms with van der Waals surface area (Å²) in [5.41, 5.74) is 2.77. The SMILES string of the molecule is CC.CCCCc1cn(Cc2cccc(C(=O)NCCC)c2)nn1. The molecule has 0 bridgehead atoms. The van der Waals surface area contributed by atoms with Crippen LogP contribution >= 0.6 is 0 Å². The van der Waals surface area contributed by atoms with Crippen LogP contribution in [-0.4, -0.2) is 27.4 Å². The summed E-state index contributed by atoms with van der Waals surface area (Å²) in [4.78, 5) is 12.0. The molecule has 0 aliphatic heterocycles. The van der Waals surface area contributed by atoms with Gasteiger partial charge < -0.3 is 5.32 Å². The lowest BCUT2D eigenvalue weighted by molar-refractivity contribution is 0.0953. The van der Waals surface area contributed by atoms with Crippen molar-refractivity contribution in [3.63, 3.8) is 0 Å². The molecular weight excluding hydrogens is 300 g/mol. The number of carbonyl (C=O) groups is 1. The highest BCUT2D eigenvalue weighted by atomic mass is 16.1. The third-order valence-electron chi connectivity index (χ3n) is 3.44. The van der Waals surface area contributed by atoms with Crippen LogP contribution in [0.3, 0.4) is 0 Å². The molecule has 0 unspecified atom stereocenters. The van der Waals surface area contributed by atoms with E-state index in [1.807, 2.05) is 55.9 Å². The van der Waals surface area contributed by atoms with E-state index in [1.165, 1.54) is 0 Å². The number of hydrogen-bond donors (Lipinski definition) is 1. The molecule has 1 aromatic carbocycles. The van der Waals surface area contributed by atoms with E-state index in [9.17, 15) is 4.79 Å². The molecule has 0 saturated carbocycles. The van der Waals surface area contributed by atoms with Gasteiger partial charge >= 0.3 is 0 Å². The first-order valence-electron chi connectivity index (χ1n) is 8.99. The Morgan fingerprint density at radius 2 is 2.00 bits per heavy atom. The Hall–Kier alpha value is -2.17. The first-order valence-corrected chi connectivity index (χ1v) is 8.99. The minimum atomic E-state index is -0.0223. The molecule has 0 atom stereocenters. The number of aromatic nitrogens is 3. The van der Waals surface area contributed by atoms with Crippen LogP contribution in [0.4, 0.5) is 0 Å². The third kappa shape index (κ3) is 6.52. The molecule has 0 fully saturated rings. The molecule has 1 aromatic heterocycles. The van der Waals surface area contributed by atoms with Crippen molar-refractivity contribution in [3.8, 4) is 0 Å². The predicted molar refractivity (Wildman–Crippen MR) is 98.2 cm³/mol. The van der Waals surface area contributed by atoms with E-state index in [2.05, 4.69) is 22.6 Å². The largest absolute Gasteiger partial charge is 0.352 e. The second-order valence-corrected chi connectivity index (χ2v) is 5.47. The number of carbonyl (C=O) groups excluding carboxylic acids is 1. The first kappa shape index (κ1) is 19.9. The standard InChI is InChI=1S/C17H24N4O.C2H6/c1-3-5-9-16-13-21(20-19-16)12-14-7-6-8-15(11-14)17(22)18-10-4-2;1-2/h6-8,11,13H,3-5,9-10,12H2,1-2H3,(H,18,22);1-2H3. The lowest BCUT2D eigenvalue weighted by Gasteiger charge is -2.06. The van der Waals surface area contributed by atoms with Crippen molar-refractivity contribution in [1.29, 1.82) is 0 Å². The van der Waals surface area contributed by atoms with Gasteiger partial charge in [-0.3, -0.25) is 4.79 Å². The highest BCUT2D eigenvalue weighted by molar-refractivity contribution is 5.94. The molecule has 5 nitrogen and oxygen atoms in total. The van der Waals surface area contributed by atoms with Crippen LogP contribution < -0.4 is 5.32 Å². The quantitative estimate of drug-likeness (QED) is 0.800. The molecule has 1 heterocycles. The fraction of sp³-hybridized carbons (Fsp3) is 0.526. The Bertz CT molecular complexity index is 607. The Kier molecular flexibility index (Phi) is 9.42. The Balaban J connectivity index is 0.00000139. The van der Waals surface area contributed by atoms with Crippen molar-refractivity contribution in [2.75, 3.05) is 6.54 Å². The van der Waals surface area contributed by atoms with Gasteiger partial charge in [0.2, 0.25) is 0 Å². The number of nitrogens with zero attached hydrogens (tertiary/aromatic N) is 3. The van der Waals surface area contributed by atoms with Crippen LogP contribution in [0, 0.1) is 0 Å². The van der Waals surface area contributed by atoms with E-state index >= 15 is 0 Å². The summed E-state index contributed by atoms with van der Waals surface area (Å²) in [7, 11) is 0.